The first-order chi connectivity index (χ1) is 15.9. The highest BCUT2D eigenvalue weighted by molar-refractivity contribution is 6.74. The fourth-order valence-electron chi connectivity index (χ4n) is 3.88. The summed E-state index contributed by atoms with van der Waals surface area (Å²) in [5.74, 6) is 1.34. The van der Waals surface area contributed by atoms with Gasteiger partial charge in [0.05, 0.1) is 24.2 Å². The Balaban J connectivity index is 2.20. The molecule has 1 fully saturated rings. The zero-order chi connectivity index (χ0) is 25.5. The highest BCUT2D eigenvalue weighted by atomic mass is 28.4. The van der Waals surface area contributed by atoms with Crippen molar-refractivity contribution in [2.45, 2.75) is 82.8 Å². The van der Waals surface area contributed by atoms with Crippen molar-refractivity contribution in [2.75, 3.05) is 6.61 Å². The van der Waals surface area contributed by atoms with Crippen LogP contribution in [-0.4, -0.2) is 55.2 Å². The quantitative estimate of drug-likeness (QED) is 0.273. The van der Waals surface area contributed by atoms with Crippen LogP contribution in [0, 0.1) is 18.3 Å². The van der Waals surface area contributed by atoms with Gasteiger partial charge < -0.3 is 14.3 Å². The van der Waals surface area contributed by atoms with Gasteiger partial charge in [-0.2, -0.15) is 0 Å². The number of rotatable bonds is 11. The van der Waals surface area contributed by atoms with E-state index in [0.717, 1.165) is 10.5 Å². The van der Waals surface area contributed by atoms with Crippen molar-refractivity contribution in [1.82, 2.24) is 4.90 Å². The topological polar surface area (TPSA) is 76.1 Å². The molecule has 0 saturated carbocycles. The molecule has 2 rings (SSSR count). The predicted octanol–water partition coefficient (Wildman–Crippen LogP) is 4.93. The number of aliphatic hydroxyl groups excluding tert-OH is 1. The summed E-state index contributed by atoms with van der Waals surface area (Å²) < 4.78 is 11.7. The number of aliphatic hydroxyl groups is 1. The Labute approximate surface area is 205 Å². The molecule has 1 saturated heterocycles. The second kappa shape index (κ2) is 11.8. The van der Waals surface area contributed by atoms with Gasteiger partial charge in [-0.25, -0.2) is 9.69 Å². The highest BCUT2D eigenvalue weighted by Crippen LogP contribution is 2.38. The molecule has 1 aromatic rings. The van der Waals surface area contributed by atoms with E-state index in [9.17, 15) is 14.7 Å². The van der Waals surface area contributed by atoms with E-state index >= 15 is 0 Å². The fourth-order valence-corrected chi connectivity index (χ4v) is 5.25. The minimum atomic E-state index is -2.14. The Morgan fingerprint density at radius 1 is 1.38 bits per heavy atom. The fraction of sp³-hybridized carbons (Fsp3) is 0.556. The molecule has 1 aromatic carbocycles. The normalized spacial score (nSPS) is 19.1. The summed E-state index contributed by atoms with van der Waals surface area (Å²) in [7, 11) is -2.14. The molecule has 1 aliphatic rings. The first-order valence-corrected chi connectivity index (χ1v) is 14.8. The Bertz CT molecular complexity index is 887. The van der Waals surface area contributed by atoms with E-state index in [1.54, 1.807) is 6.08 Å². The lowest BCUT2D eigenvalue weighted by Gasteiger charge is -2.40. The molecule has 34 heavy (non-hydrogen) atoms. The third-order valence-corrected chi connectivity index (χ3v) is 11.4. The lowest BCUT2D eigenvalue weighted by molar-refractivity contribution is -0.137. The number of amides is 2. The van der Waals surface area contributed by atoms with E-state index in [0.29, 0.717) is 12.8 Å². The lowest BCUT2D eigenvalue weighted by Crippen LogP contribution is -2.48. The van der Waals surface area contributed by atoms with Gasteiger partial charge in [-0.3, -0.25) is 4.79 Å². The molecule has 0 aromatic heterocycles. The van der Waals surface area contributed by atoms with Gasteiger partial charge in [0.15, 0.2) is 8.32 Å². The molecule has 0 spiro atoms. The van der Waals surface area contributed by atoms with Gasteiger partial charge in [0.25, 0.3) is 0 Å². The second-order valence-electron chi connectivity index (χ2n) is 10.5. The van der Waals surface area contributed by atoms with Crippen LogP contribution in [0.5, 0.6) is 0 Å². The average molecular weight is 486 g/mol. The Kier molecular flexibility index (Phi) is 9.69. The Morgan fingerprint density at radius 3 is 2.59 bits per heavy atom. The summed E-state index contributed by atoms with van der Waals surface area (Å²) in [4.78, 5) is 27.2. The van der Waals surface area contributed by atoms with Gasteiger partial charge >= 0.3 is 6.09 Å². The van der Waals surface area contributed by atoms with Gasteiger partial charge in [0.2, 0.25) is 5.91 Å². The smallest absolute Gasteiger partial charge is 0.416 e. The van der Waals surface area contributed by atoms with Gasteiger partial charge in [-0.05, 0) is 43.0 Å². The lowest BCUT2D eigenvalue weighted by atomic mass is 9.91. The number of cyclic esters (lactones) is 1. The summed E-state index contributed by atoms with van der Waals surface area (Å²) in [5.41, 5.74) is 1.00. The van der Waals surface area contributed by atoms with Gasteiger partial charge in [0, 0.05) is 6.42 Å². The van der Waals surface area contributed by atoms with Crippen molar-refractivity contribution in [3.8, 4) is 12.3 Å². The van der Waals surface area contributed by atoms with Crippen LogP contribution in [0.15, 0.2) is 43.0 Å². The monoisotopic (exact) mass is 485 g/mol. The number of carbonyl (C=O) groups is 2. The van der Waals surface area contributed by atoms with Crippen molar-refractivity contribution in [3.05, 3.63) is 48.6 Å². The van der Waals surface area contributed by atoms with E-state index in [4.69, 9.17) is 15.6 Å². The van der Waals surface area contributed by atoms with Crippen LogP contribution >= 0.6 is 0 Å². The van der Waals surface area contributed by atoms with Crippen LogP contribution in [-0.2, 0) is 20.4 Å². The van der Waals surface area contributed by atoms with Crippen LogP contribution in [0.2, 0.25) is 18.1 Å². The third-order valence-electron chi connectivity index (χ3n) is 6.83. The van der Waals surface area contributed by atoms with Crippen LogP contribution in [0.3, 0.4) is 0 Å². The largest absolute Gasteiger partial charge is 0.447 e. The van der Waals surface area contributed by atoms with E-state index in [1.807, 2.05) is 30.3 Å². The molecule has 1 aliphatic heterocycles. The molecule has 4 atom stereocenters. The SMILES string of the molecule is C#CC[C@H](C[C@@H](O)[C@H](CC=C)C(=O)N1C(=O)OC[C@@H]1Cc1ccccc1)O[Si](C)(C)C(C)(C)C. The number of ether oxygens (including phenoxy) is 1. The molecule has 0 unspecified atom stereocenters. The molecule has 0 bridgehead atoms. The average Bonchev–Trinajstić information content (AvgIpc) is 3.11. The molecular weight excluding hydrogens is 446 g/mol. The van der Waals surface area contributed by atoms with Crippen molar-refractivity contribution in [2.24, 2.45) is 5.92 Å². The standard InChI is InChI=1S/C27H39NO5Si/c1-8-13-22(33-34(6,7)27(3,4)5)18-24(29)23(14-9-2)25(30)28-21(19-32-26(28)31)17-20-15-11-10-12-16-20/h1,9-12,15-16,21-24,29H,2,13-14,17-19H2,3-7H3/t21-,22+,23-,24+/m0/s1. The van der Waals surface area contributed by atoms with Crippen LogP contribution in [0.1, 0.15) is 45.6 Å². The minimum absolute atomic E-state index is 0.0227. The molecule has 6 nitrogen and oxygen atoms in total. The van der Waals surface area contributed by atoms with Crippen molar-refractivity contribution < 1.29 is 23.9 Å². The van der Waals surface area contributed by atoms with Crippen molar-refractivity contribution in [3.63, 3.8) is 0 Å². The molecule has 1 N–H and O–H groups in total. The number of nitrogens with zero attached hydrogens (tertiary/aromatic N) is 1. The number of carbonyl (C=O) groups excluding carboxylic acids is 2. The summed E-state index contributed by atoms with van der Waals surface area (Å²) in [6, 6.07) is 9.22. The summed E-state index contributed by atoms with van der Waals surface area (Å²) >= 11 is 0. The summed E-state index contributed by atoms with van der Waals surface area (Å²) in [5, 5.41) is 11.1. The van der Waals surface area contributed by atoms with E-state index in [2.05, 4.69) is 46.4 Å². The number of hydrogen-bond acceptors (Lipinski definition) is 5. The third kappa shape index (κ3) is 7.05. The van der Waals surface area contributed by atoms with Crippen LogP contribution in [0.4, 0.5) is 4.79 Å². The van der Waals surface area contributed by atoms with Crippen molar-refractivity contribution >= 4 is 20.3 Å². The summed E-state index contributed by atoms with van der Waals surface area (Å²) in [6.07, 6.45) is 6.33. The molecule has 186 valence electrons. The summed E-state index contributed by atoms with van der Waals surface area (Å²) in [6.45, 7) is 14.5. The van der Waals surface area contributed by atoms with E-state index in [1.165, 1.54) is 0 Å². The zero-order valence-electron chi connectivity index (χ0n) is 21.1. The molecular formula is C27H39NO5Si. The van der Waals surface area contributed by atoms with Crippen LogP contribution in [0.25, 0.3) is 0 Å². The van der Waals surface area contributed by atoms with Crippen LogP contribution < -0.4 is 0 Å². The molecule has 0 aliphatic carbocycles. The number of allylic oxidation sites excluding steroid dienone is 1. The van der Waals surface area contributed by atoms with Gasteiger partial charge in [-0.1, -0.05) is 57.2 Å². The Hall–Kier alpha value is -2.40. The highest BCUT2D eigenvalue weighted by Gasteiger charge is 2.44. The number of imide groups is 1. The second-order valence-corrected chi connectivity index (χ2v) is 15.2. The predicted molar refractivity (Wildman–Crippen MR) is 137 cm³/mol. The van der Waals surface area contributed by atoms with Gasteiger partial charge in [0.1, 0.15) is 6.61 Å². The van der Waals surface area contributed by atoms with E-state index in [-0.39, 0.29) is 30.6 Å². The zero-order valence-corrected chi connectivity index (χ0v) is 22.1. The Morgan fingerprint density at radius 2 is 2.03 bits per heavy atom. The maximum atomic E-state index is 13.5. The number of benzene rings is 1. The molecule has 0 radical (unpaired) electrons. The molecule has 7 heteroatoms. The van der Waals surface area contributed by atoms with Crippen molar-refractivity contribution in [1.29, 1.82) is 0 Å². The molecule has 1 heterocycles. The maximum Gasteiger partial charge on any atom is 0.416 e. The van der Waals surface area contributed by atoms with E-state index < -0.39 is 38.4 Å². The minimum Gasteiger partial charge on any atom is -0.447 e. The van der Waals surface area contributed by atoms with Gasteiger partial charge in [-0.15, -0.1) is 18.9 Å². The molecule has 2 amide bonds. The number of terminal acetylenes is 1. The first-order valence-electron chi connectivity index (χ1n) is 11.8. The maximum absolute atomic E-state index is 13.5. The first kappa shape index (κ1) is 27.8. The number of hydrogen-bond donors (Lipinski definition) is 1.